The van der Waals surface area contributed by atoms with Gasteiger partial charge in [0.1, 0.15) is 5.69 Å². The zero-order valence-corrected chi connectivity index (χ0v) is 11.5. The number of hydrogen-bond donors (Lipinski definition) is 0. The van der Waals surface area contributed by atoms with Crippen LogP contribution in [0.2, 0.25) is 0 Å². The van der Waals surface area contributed by atoms with Crippen molar-refractivity contribution in [2.75, 3.05) is 19.7 Å². The Labute approximate surface area is 111 Å². The lowest BCUT2D eigenvalue weighted by molar-refractivity contribution is -0.143. The fraction of sp³-hybridized carbons (Fsp3) is 0.583. The molecule has 0 spiro atoms. The Balaban J connectivity index is 2.54. The van der Waals surface area contributed by atoms with Gasteiger partial charge in [0.15, 0.2) is 0 Å². The van der Waals surface area contributed by atoms with Gasteiger partial charge >= 0.3 is 5.97 Å². The van der Waals surface area contributed by atoms with Crippen molar-refractivity contribution in [2.24, 2.45) is 0 Å². The molecule has 0 aliphatic carbocycles. The van der Waals surface area contributed by atoms with E-state index in [4.69, 9.17) is 4.74 Å². The van der Waals surface area contributed by atoms with E-state index < -0.39 is 0 Å². The lowest BCUT2D eigenvalue weighted by atomic mass is 10.3. The van der Waals surface area contributed by atoms with Gasteiger partial charge in [0.05, 0.1) is 18.5 Å². The summed E-state index contributed by atoms with van der Waals surface area (Å²) in [5.74, 6) is -0.396. The largest absolute Gasteiger partial charge is 0.466 e. The minimum atomic E-state index is -0.273. The molecule has 1 aromatic rings. The molecule has 0 N–H and O–H groups in total. The van der Waals surface area contributed by atoms with E-state index >= 15 is 0 Å². The van der Waals surface area contributed by atoms with Crippen molar-refractivity contribution in [3.8, 4) is 0 Å². The summed E-state index contributed by atoms with van der Waals surface area (Å²) in [6.07, 6.45) is 1.07. The number of hydrogen-bond acceptors (Lipinski definition) is 5. The first-order valence-electron chi connectivity index (χ1n) is 6.02. The monoisotopic (exact) mass is 270 g/mol. The zero-order valence-electron chi connectivity index (χ0n) is 10.7. The van der Waals surface area contributed by atoms with E-state index in [-0.39, 0.29) is 18.3 Å². The third-order valence-corrected chi connectivity index (χ3v) is 2.91. The van der Waals surface area contributed by atoms with Crippen molar-refractivity contribution >= 4 is 23.2 Å². The number of aromatic nitrogens is 1. The Morgan fingerprint density at radius 2 is 2.17 bits per heavy atom. The third-order valence-electron chi connectivity index (χ3n) is 2.32. The first kappa shape index (κ1) is 14.6. The number of carbonyl (C=O) groups excluding carboxylic acids is 2. The number of nitrogens with zero attached hydrogens (tertiary/aromatic N) is 2. The van der Waals surface area contributed by atoms with Crippen LogP contribution in [-0.2, 0) is 9.53 Å². The minimum Gasteiger partial charge on any atom is -0.466 e. The molecule has 100 valence electrons. The normalized spacial score (nSPS) is 10.1. The van der Waals surface area contributed by atoms with Gasteiger partial charge in [0, 0.05) is 18.5 Å². The van der Waals surface area contributed by atoms with Gasteiger partial charge in [-0.3, -0.25) is 9.59 Å². The molecular formula is C12H18N2O3S. The van der Waals surface area contributed by atoms with Gasteiger partial charge in [0.2, 0.25) is 0 Å². The Hall–Kier alpha value is -1.43. The van der Waals surface area contributed by atoms with Crippen LogP contribution in [0, 0.1) is 0 Å². The molecule has 1 amide bonds. The van der Waals surface area contributed by atoms with Crippen molar-refractivity contribution in [3.63, 3.8) is 0 Å². The molecule has 0 unspecified atom stereocenters. The predicted octanol–water partition coefficient (Wildman–Crippen LogP) is 1.95. The first-order chi connectivity index (χ1) is 8.69. The molecule has 0 saturated carbocycles. The van der Waals surface area contributed by atoms with E-state index in [1.54, 1.807) is 22.7 Å². The van der Waals surface area contributed by atoms with Crippen molar-refractivity contribution < 1.29 is 14.3 Å². The fourth-order valence-corrected chi connectivity index (χ4v) is 2.05. The Morgan fingerprint density at radius 3 is 2.72 bits per heavy atom. The van der Waals surface area contributed by atoms with Crippen LogP contribution >= 0.6 is 11.3 Å². The summed E-state index contributed by atoms with van der Waals surface area (Å²) in [7, 11) is 0. The maximum atomic E-state index is 12.1. The van der Waals surface area contributed by atoms with Gasteiger partial charge in [-0.1, -0.05) is 6.92 Å². The van der Waals surface area contributed by atoms with Crippen LogP contribution in [0.5, 0.6) is 0 Å². The van der Waals surface area contributed by atoms with Crippen molar-refractivity contribution in [1.29, 1.82) is 0 Å². The molecule has 0 aliphatic heterocycles. The number of ether oxygens (including phenoxy) is 1. The van der Waals surface area contributed by atoms with E-state index in [2.05, 4.69) is 4.98 Å². The number of thiazole rings is 1. The van der Waals surface area contributed by atoms with Crippen molar-refractivity contribution in [3.05, 3.63) is 16.6 Å². The van der Waals surface area contributed by atoms with Crippen LogP contribution in [0.15, 0.2) is 10.9 Å². The summed E-state index contributed by atoms with van der Waals surface area (Å²) < 4.78 is 4.85. The number of amides is 1. The van der Waals surface area contributed by atoms with E-state index in [0.29, 0.717) is 25.4 Å². The molecule has 5 nitrogen and oxygen atoms in total. The maximum Gasteiger partial charge on any atom is 0.307 e. The Bertz CT molecular complexity index is 379. The quantitative estimate of drug-likeness (QED) is 0.710. The number of rotatable bonds is 7. The minimum absolute atomic E-state index is 0.123. The second kappa shape index (κ2) is 7.81. The van der Waals surface area contributed by atoms with Crippen LogP contribution in [0.25, 0.3) is 0 Å². The molecule has 0 bridgehead atoms. The van der Waals surface area contributed by atoms with Crippen LogP contribution in [0.4, 0.5) is 0 Å². The first-order valence-corrected chi connectivity index (χ1v) is 6.96. The van der Waals surface area contributed by atoms with E-state index in [0.717, 1.165) is 6.42 Å². The smallest absolute Gasteiger partial charge is 0.307 e. The van der Waals surface area contributed by atoms with Crippen molar-refractivity contribution in [2.45, 2.75) is 26.7 Å². The summed E-state index contributed by atoms with van der Waals surface area (Å²) in [4.78, 5) is 29.0. The average Bonchev–Trinajstić information content (AvgIpc) is 2.87. The Kier molecular flexibility index (Phi) is 6.35. The molecule has 6 heteroatoms. The summed E-state index contributed by atoms with van der Waals surface area (Å²) in [6, 6.07) is 0. The highest BCUT2D eigenvalue weighted by Crippen LogP contribution is 2.07. The molecule has 0 saturated heterocycles. The van der Waals surface area contributed by atoms with Gasteiger partial charge in [-0.2, -0.15) is 0 Å². The summed E-state index contributed by atoms with van der Waals surface area (Å²) in [6.45, 7) is 5.12. The van der Waals surface area contributed by atoms with Gasteiger partial charge in [-0.05, 0) is 13.3 Å². The molecule has 1 aromatic heterocycles. The second-order valence-corrected chi connectivity index (χ2v) is 4.44. The highest BCUT2D eigenvalue weighted by atomic mass is 32.1. The van der Waals surface area contributed by atoms with E-state index in [1.807, 2.05) is 6.92 Å². The van der Waals surface area contributed by atoms with Gasteiger partial charge in [0.25, 0.3) is 5.91 Å². The average molecular weight is 270 g/mol. The molecule has 18 heavy (non-hydrogen) atoms. The van der Waals surface area contributed by atoms with Gasteiger partial charge < -0.3 is 9.64 Å². The molecule has 0 fully saturated rings. The second-order valence-electron chi connectivity index (χ2n) is 3.72. The van der Waals surface area contributed by atoms with E-state index in [9.17, 15) is 9.59 Å². The van der Waals surface area contributed by atoms with Crippen LogP contribution in [-0.4, -0.2) is 41.5 Å². The van der Waals surface area contributed by atoms with Gasteiger partial charge in [-0.25, -0.2) is 4.98 Å². The van der Waals surface area contributed by atoms with Crippen LogP contribution in [0.3, 0.4) is 0 Å². The maximum absolute atomic E-state index is 12.1. The SMILES string of the molecule is CCCN(CCC(=O)OCC)C(=O)c1cscn1. The summed E-state index contributed by atoms with van der Waals surface area (Å²) in [5.41, 5.74) is 2.07. The third kappa shape index (κ3) is 4.44. The fourth-order valence-electron chi connectivity index (χ4n) is 1.52. The predicted molar refractivity (Wildman–Crippen MR) is 69.6 cm³/mol. The standard InChI is InChI=1S/C12H18N2O3S/c1-3-6-14(7-5-11(15)17-4-2)12(16)10-8-18-9-13-10/h8-9H,3-7H2,1-2H3. The molecule has 0 atom stereocenters. The van der Waals surface area contributed by atoms with E-state index in [1.165, 1.54) is 11.3 Å². The lowest BCUT2D eigenvalue weighted by Gasteiger charge is -2.20. The summed E-state index contributed by atoms with van der Waals surface area (Å²) >= 11 is 1.39. The molecule has 0 radical (unpaired) electrons. The molecule has 1 rings (SSSR count). The lowest BCUT2D eigenvalue weighted by Crippen LogP contribution is -2.34. The zero-order chi connectivity index (χ0) is 13.4. The molecule has 0 aliphatic rings. The molecule has 1 heterocycles. The van der Waals surface area contributed by atoms with Crippen molar-refractivity contribution in [1.82, 2.24) is 9.88 Å². The van der Waals surface area contributed by atoms with Crippen LogP contribution in [0.1, 0.15) is 37.2 Å². The molecular weight excluding hydrogens is 252 g/mol. The highest BCUT2D eigenvalue weighted by molar-refractivity contribution is 7.07. The topological polar surface area (TPSA) is 59.5 Å². The Morgan fingerprint density at radius 1 is 1.39 bits per heavy atom. The highest BCUT2D eigenvalue weighted by Gasteiger charge is 2.17. The molecule has 0 aromatic carbocycles. The number of carbonyl (C=O) groups is 2. The van der Waals surface area contributed by atoms with Crippen LogP contribution < -0.4 is 0 Å². The van der Waals surface area contributed by atoms with Gasteiger partial charge in [-0.15, -0.1) is 11.3 Å². The number of esters is 1. The summed E-state index contributed by atoms with van der Waals surface area (Å²) in [5, 5.41) is 1.72.